The third-order valence-corrected chi connectivity index (χ3v) is 3.76. The van der Waals surface area contributed by atoms with Gasteiger partial charge in [-0.15, -0.1) is 0 Å². The molecule has 0 aromatic carbocycles. The molecule has 0 bridgehead atoms. The van der Waals surface area contributed by atoms with E-state index in [1.807, 2.05) is 6.92 Å². The number of hydrogen-bond donors (Lipinski definition) is 1. The largest absolute Gasteiger partial charge is 0.481 e. The molecule has 2 fully saturated rings. The number of carbonyl (C=O) groups is 2. The quantitative estimate of drug-likeness (QED) is 0.817. The molecule has 2 atom stereocenters. The molecule has 0 aromatic rings. The van der Waals surface area contributed by atoms with Gasteiger partial charge in [0.05, 0.1) is 12.5 Å². The monoisotopic (exact) mass is 270 g/mol. The van der Waals surface area contributed by atoms with Crippen LogP contribution in [-0.2, 0) is 9.53 Å². The minimum absolute atomic E-state index is 0.0268. The van der Waals surface area contributed by atoms with Gasteiger partial charge in [-0.1, -0.05) is 0 Å². The molecule has 2 rings (SSSR count). The second-order valence-electron chi connectivity index (χ2n) is 5.35. The lowest BCUT2D eigenvalue weighted by molar-refractivity contribution is -0.138. The molecule has 108 valence electrons. The highest BCUT2D eigenvalue weighted by molar-refractivity contribution is 5.76. The molecule has 6 heteroatoms. The molecule has 0 radical (unpaired) electrons. The van der Waals surface area contributed by atoms with E-state index in [1.54, 1.807) is 9.80 Å². The van der Waals surface area contributed by atoms with Crippen molar-refractivity contribution in [1.29, 1.82) is 0 Å². The summed E-state index contributed by atoms with van der Waals surface area (Å²) in [7, 11) is 0. The predicted molar refractivity (Wildman–Crippen MR) is 69.0 cm³/mol. The smallest absolute Gasteiger partial charge is 0.320 e. The number of carboxylic acids is 1. The van der Waals surface area contributed by atoms with Crippen molar-refractivity contribution in [2.75, 3.05) is 26.2 Å². The second-order valence-corrected chi connectivity index (χ2v) is 5.35. The fourth-order valence-corrected chi connectivity index (χ4v) is 2.85. The summed E-state index contributed by atoms with van der Waals surface area (Å²) in [5, 5.41) is 8.90. The van der Waals surface area contributed by atoms with E-state index in [9.17, 15) is 9.59 Å². The molecule has 1 N–H and O–H groups in total. The lowest BCUT2D eigenvalue weighted by Crippen LogP contribution is -2.47. The van der Waals surface area contributed by atoms with E-state index in [0.717, 1.165) is 19.3 Å². The Labute approximate surface area is 113 Å². The highest BCUT2D eigenvalue weighted by Gasteiger charge is 2.33. The van der Waals surface area contributed by atoms with E-state index in [2.05, 4.69) is 0 Å². The van der Waals surface area contributed by atoms with Gasteiger partial charge < -0.3 is 19.6 Å². The highest BCUT2D eigenvalue weighted by atomic mass is 16.5. The van der Waals surface area contributed by atoms with Crippen LogP contribution in [0.1, 0.15) is 32.6 Å². The Morgan fingerprint density at radius 2 is 2.11 bits per heavy atom. The zero-order valence-corrected chi connectivity index (χ0v) is 11.4. The lowest BCUT2D eigenvalue weighted by atomic mass is 10.1. The van der Waals surface area contributed by atoms with Crippen molar-refractivity contribution in [1.82, 2.24) is 9.80 Å². The van der Waals surface area contributed by atoms with Gasteiger partial charge in [0.25, 0.3) is 0 Å². The van der Waals surface area contributed by atoms with Gasteiger partial charge in [0.2, 0.25) is 0 Å². The molecule has 2 aliphatic rings. The molecular weight excluding hydrogens is 248 g/mol. The maximum atomic E-state index is 12.5. The Hall–Kier alpha value is -1.30. The Morgan fingerprint density at radius 3 is 2.84 bits per heavy atom. The van der Waals surface area contributed by atoms with Crippen molar-refractivity contribution in [3.05, 3.63) is 0 Å². The van der Waals surface area contributed by atoms with Crippen molar-refractivity contribution < 1.29 is 19.4 Å². The lowest BCUT2D eigenvalue weighted by Gasteiger charge is -2.31. The van der Waals surface area contributed by atoms with Crippen molar-refractivity contribution in [3.8, 4) is 0 Å². The van der Waals surface area contributed by atoms with Crippen molar-refractivity contribution in [2.24, 2.45) is 0 Å². The fourth-order valence-electron chi connectivity index (χ4n) is 2.85. The molecule has 19 heavy (non-hydrogen) atoms. The van der Waals surface area contributed by atoms with E-state index in [-0.39, 0.29) is 24.6 Å². The number of likely N-dealkylation sites (tertiary alicyclic amines) is 1. The first kappa shape index (κ1) is 14.1. The summed E-state index contributed by atoms with van der Waals surface area (Å²) in [5.41, 5.74) is 0. The van der Waals surface area contributed by atoms with Gasteiger partial charge in [0.1, 0.15) is 0 Å². The maximum absolute atomic E-state index is 12.5. The minimum Gasteiger partial charge on any atom is -0.481 e. The van der Waals surface area contributed by atoms with Crippen molar-refractivity contribution in [3.63, 3.8) is 0 Å². The first-order valence-corrected chi connectivity index (χ1v) is 6.97. The van der Waals surface area contributed by atoms with Crippen LogP contribution < -0.4 is 0 Å². The number of rotatable bonds is 2. The second kappa shape index (κ2) is 6.23. The molecule has 0 aromatic heterocycles. The van der Waals surface area contributed by atoms with E-state index < -0.39 is 5.97 Å². The normalized spacial score (nSPS) is 28.3. The SMILES string of the molecule is CC1CN(C(=O)N2CCCC2CC(=O)O)CCCO1. The van der Waals surface area contributed by atoms with Crippen LogP contribution in [0.15, 0.2) is 0 Å². The van der Waals surface area contributed by atoms with Crippen LogP contribution in [-0.4, -0.2) is 65.3 Å². The Morgan fingerprint density at radius 1 is 1.32 bits per heavy atom. The van der Waals surface area contributed by atoms with E-state index in [4.69, 9.17) is 9.84 Å². The van der Waals surface area contributed by atoms with Gasteiger partial charge >= 0.3 is 12.0 Å². The first-order valence-electron chi connectivity index (χ1n) is 6.97. The molecule has 2 aliphatic heterocycles. The molecule has 0 aliphatic carbocycles. The molecule has 6 nitrogen and oxygen atoms in total. The number of carbonyl (C=O) groups excluding carboxylic acids is 1. The van der Waals surface area contributed by atoms with Gasteiger partial charge in [-0.25, -0.2) is 4.79 Å². The summed E-state index contributed by atoms with van der Waals surface area (Å²) in [5.74, 6) is -0.836. The van der Waals surface area contributed by atoms with Crippen LogP contribution in [0.5, 0.6) is 0 Å². The Balaban J connectivity index is 1.98. The van der Waals surface area contributed by atoms with Gasteiger partial charge in [-0.3, -0.25) is 4.79 Å². The number of ether oxygens (including phenoxy) is 1. The summed E-state index contributed by atoms with van der Waals surface area (Å²) in [6.07, 6.45) is 2.62. The fraction of sp³-hybridized carbons (Fsp3) is 0.846. The Bertz CT molecular complexity index is 348. The van der Waals surface area contributed by atoms with Crippen LogP contribution in [0.2, 0.25) is 0 Å². The van der Waals surface area contributed by atoms with Crippen molar-refractivity contribution in [2.45, 2.75) is 44.8 Å². The standard InChI is InChI=1S/C13H22N2O4/c1-10-9-14(5-3-7-19-10)13(18)15-6-2-4-11(15)8-12(16)17/h10-11H,2-9H2,1H3,(H,16,17). The number of nitrogens with zero attached hydrogens (tertiary/aromatic N) is 2. The molecule has 2 amide bonds. The number of hydrogen-bond acceptors (Lipinski definition) is 3. The van der Waals surface area contributed by atoms with Crippen LogP contribution in [0, 0.1) is 0 Å². The van der Waals surface area contributed by atoms with Crippen molar-refractivity contribution >= 4 is 12.0 Å². The van der Waals surface area contributed by atoms with E-state index >= 15 is 0 Å². The summed E-state index contributed by atoms with van der Waals surface area (Å²) >= 11 is 0. The molecule has 2 saturated heterocycles. The summed E-state index contributed by atoms with van der Waals surface area (Å²) in [6, 6.07) is -0.175. The highest BCUT2D eigenvalue weighted by Crippen LogP contribution is 2.22. The molecule has 2 heterocycles. The third-order valence-electron chi connectivity index (χ3n) is 3.76. The average Bonchev–Trinajstić information content (AvgIpc) is 2.68. The molecule has 0 spiro atoms. The molecule has 0 saturated carbocycles. The topological polar surface area (TPSA) is 70.1 Å². The number of carboxylic acid groups (broad SMARTS) is 1. The van der Waals surface area contributed by atoms with Gasteiger partial charge in [0.15, 0.2) is 0 Å². The zero-order valence-electron chi connectivity index (χ0n) is 11.4. The summed E-state index contributed by atoms with van der Waals surface area (Å²) in [6.45, 7) is 4.60. The number of aliphatic carboxylic acids is 1. The summed E-state index contributed by atoms with van der Waals surface area (Å²) in [4.78, 5) is 26.9. The van der Waals surface area contributed by atoms with Crippen LogP contribution >= 0.6 is 0 Å². The predicted octanol–water partition coefficient (Wildman–Crippen LogP) is 1.16. The Kier molecular flexibility index (Phi) is 4.63. The maximum Gasteiger partial charge on any atom is 0.320 e. The van der Waals surface area contributed by atoms with Gasteiger partial charge in [-0.2, -0.15) is 0 Å². The molecule has 2 unspecified atom stereocenters. The molecular formula is C13H22N2O4. The average molecular weight is 270 g/mol. The summed E-state index contributed by atoms with van der Waals surface area (Å²) < 4.78 is 5.53. The number of urea groups is 1. The van der Waals surface area contributed by atoms with E-state index in [0.29, 0.717) is 26.2 Å². The third kappa shape index (κ3) is 3.59. The van der Waals surface area contributed by atoms with Crippen LogP contribution in [0.3, 0.4) is 0 Å². The number of amides is 2. The van der Waals surface area contributed by atoms with Crippen LogP contribution in [0.4, 0.5) is 4.79 Å². The zero-order chi connectivity index (χ0) is 13.8. The van der Waals surface area contributed by atoms with Crippen LogP contribution in [0.25, 0.3) is 0 Å². The first-order chi connectivity index (χ1) is 9.08. The van der Waals surface area contributed by atoms with Gasteiger partial charge in [-0.05, 0) is 26.2 Å². The minimum atomic E-state index is -0.836. The van der Waals surface area contributed by atoms with Gasteiger partial charge in [0, 0.05) is 32.3 Å². The van der Waals surface area contributed by atoms with E-state index in [1.165, 1.54) is 0 Å².